The van der Waals surface area contributed by atoms with E-state index < -0.39 is 5.97 Å². The first-order chi connectivity index (χ1) is 9.31. The lowest BCUT2D eigenvalue weighted by atomic mass is 9.90. The van der Waals surface area contributed by atoms with Crippen LogP contribution in [-0.2, 0) is 20.8 Å². The molecule has 1 aliphatic carbocycles. The highest BCUT2D eigenvalue weighted by molar-refractivity contribution is 6.02. The van der Waals surface area contributed by atoms with Crippen molar-refractivity contribution >= 4 is 11.7 Å². The van der Waals surface area contributed by atoms with Crippen LogP contribution in [0.3, 0.4) is 0 Å². The molecule has 2 rings (SSSR count). The summed E-state index contributed by atoms with van der Waals surface area (Å²) in [5.74, 6) is -0.424. The van der Waals surface area contributed by atoms with Gasteiger partial charge in [-0.05, 0) is 31.7 Å². The molecule has 1 aromatic rings. The second kappa shape index (κ2) is 6.73. The Morgan fingerprint density at radius 2 is 2.21 bits per heavy atom. The summed E-state index contributed by atoms with van der Waals surface area (Å²) in [6, 6.07) is 8.18. The number of fused-ring (bicyclic) bond motifs is 1. The molecule has 4 nitrogen and oxygen atoms in total. The maximum absolute atomic E-state index is 11.1. The molecule has 19 heavy (non-hydrogen) atoms. The Hall–Kier alpha value is -2.10. The van der Waals surface area contributed by atoms with E-state index in [1.54, 1.807) is 6.92 Å². The predicted molar refractivity (Wildman–Crippen MR) is 72.8 cm³/mol. The molecule has 0 unspecified atom stereocenters. The van der Waals surface area contributed by atoms with Crippen LogP contribution in [0, 0.1) is 0 Å². The van der Waals surface area contributed by atoms with Crippen molar-refractivity contribution in [2.75, 3.05) is 6.61 Å². The number of esters is 1. The molecular formula is C15H17NO3. The van der Waals surface area contributed by atoms with Crippen molar-refractivity contribution in [1.82, 2.24) is 0 Å². The number of aryl methyl sites for hydroxylation is 1. The number of carbonyl (C=O) groups excluding carboxylic acids is 1. The summed E-state index contributed by atoms with van der Waals surface area (Å²) in [5.41, 5.74) is 3.36. The van der Waals surface area contributed by atoms with Gasteiger partial charge in [0.25, 0.3) is 0 Å². The van der Waals surface area contributed by atoms with Crippen molar-refractivity contribution in [1.29, 1.82) is 0 Å². The van der Waals surface area contributed by atoms with Gasteiger partial charge >= 0.3 is 5.97 Å². The quantitative estimate of drug-likeness (QED) is 0.361. The van der Waals surface area contributed by atoms with Crippen LogP contribution in [0.25, 0.3) is 0 Å². The molecule has 0 amide bonds. The molecule has 4 heteroatoms. The zero-order valence-corrected chi connectivity index (χ0v) is 11.0. The number of hydrogen-bond donors (Lipinski definition) is 0. The van der Waals surface area contributed by atoms with E-state index in [2.05, 4.69) is 11.2 Å². The van der Waals surface area contributed by atoms with Gasteiger partial charge in [0, 0.05) is 5.56 Å². The normalized spacial score (nSPS) is 16.4. The Labute approximate surface area is 112 Å². The van der Waals surface area contributed by atoms with Crippen LogP contribution in [0.5, 0.6) is 0 Å². The molecule has 0 radical (unpaired) electrons. The molecule has 1 aromatic carbocycles. The van der Waals surface area contributed by atoms with Gasteiger partial charge in [0.05, 0.1) is 18.4 Å². The maximum atomic E-state index is 11.1. The van der Waals surface area contributed by atoms with Crippen LogP contribution in [0.1, 0.15) is 30.9 Å². The molecule has 0 aromatic heterocycles. The molecule has 0 saturated heterocycles. The van der Waals surface area contributed by atoms with Crippen LogP contribution in [0.15, 0.2) is 41.8 Å². The van der Waals surface area contributed by atoms with E-state index >= 15 is 0 Å². The standard InChI is InChI=1S/C15H17NO3/c1-2-18-15(17)10-11-19-16-14-9-5-7-12-6-3-4-8-13(12)14/h3-4,6,8,10-11H,2,5,7,9H2,1H3/b11-10+,16-14+. The number of carbonyl (C=O) groups is 1. The number of oxime groups is 1. The third-order valence-electron chi connectivity index (χ3n) is 2.90. The van der Waals surface area contributed by atoms with Crippen molar-refractivity contribution in [3.8, 4) is 0 Å². The van der Waals surface area contributed by atoms with Crippen LogP contribution >= 0.6 is 0 Å². The Bertz CT molecular complexity index is 506. The Morgan fingerprint density at radius 3 is 3.05 bits per heavy atom. The molecule has 0 bridgehead atoms. The van der Waals surface area contributed by atoms with Crippen LogP contribution in [-0.4, -0.2) is 18.3 Å². The zero-order chi connectivity index (χ0) is 13.5. The third kappa shape index (κ3) is 3.68. The summed E-state index contributed by atoms with van der Waals surface area (Å²) >= 11 is 0. The van der Waals surface area contributed by atoms with Crippen molar-refractivity contribution in [3.63, 3.8) is 0 Å². The number of hydrogen-bond acceptors (Lipinski definition) is 4. The fourth-order valence-electron chi connectivity index (χ4n) is 2.07. The molecule has 0 heterocycles. The monoisotopic (exact) mass is 259 g/mol. The van der Waals surface area contributed by atoms with Gasteiger partial charge < -0.3 is 9.57 Å². The Kier molecular flexibility index (Phi) is 4.72. The lowest BCUT2D eigenvalue weighted by Gasteiger charge is -2.16. The summed E-state index contributed by atoms with van der Waals surface area (Å²) in [4.78, 5) is 16.1. The van der Waals surface area contributed by atoms with Gasteiger partial charge in [-0.3, -0.25) is 0 Å². The van der Waals surface area contributed by atoms with E-state index in [4.69, 9.17) is 9.57 Å². The predicted octanol–water partition coefficient (Wildman–Crippen LogP) is 2.82. The fourth-order valence-corrected chi connectivity index (χ4v) is 2.07. The molecule has 0 N–H and O–H groups in total. The minimum atomic E-state index is -0.424. The van der Waals surface area contributed by atoms with E-state index in [1.807, 2.05) is 18.2 Å². The zero-order valence-electron chi connectivity index (χ0n) is 11.0. The molecule has 1 aliphatic rings. The second-order valence-electron chi connectivity index (χ2n) is 4.21. The lowest BCUT2D eigenvalue weighted by Crippen LogP contribution is -2.11. The minimum absolute atomic E-state index is 0.352. The SMILES string of the molecule is CCOC(=O)/C=C/O/N=C1\CCCc2ccccc21. The van der Waals surface area contributed by atoms with Gasteiger partial charge in [0.1, 0.15) is 6.26 Å². The third-order valence-corrected chi connectivity index (χ3v) is 2.90. The highest BCUT2D eigenvalue weighted by Crippen LogP contribution is 2.21. The first kappa shape index (κ1) is 13.3. The van der Waals surface area contributed by atoms with Crippen molar-refractivity contribution in [3.05, 3.63) is 47.7 Å². The summed E-state index contributed by atoms with van der Waals surface area (Å²) in [6.45, 7) is 2.11. The molecule has 0 saturated carbocycles. The fraction of sp³-hybridized carbons (Fsp3) is 0.333. The van der Waals surface area contributed by atoms with Crippen molar-refractivity contribution < 1.29 is 14.4 Å². The average Bonchev–Trinajstić information content (AvgIpc) is 2.44. The van der Waals surface area contributed by atoms with Gasteiger partial charge in [-0.25, -0.2) is 4.79 Å². The van der Waals surface area contributed by atoms with E-state index in [0.717, 1.165) is 30.5 Å². The van der Waals surface area contributed by atoms with Crippen LogP contribution < -0.4 is 0 Å². The maximum Gasteiger partial charge on any atom is 0.333 e. The number of ether oxygens (including phenoxy) is 1. The van der Waals surface area contributed by atoms with Gasteiger partial charge in [0.2, 0.25) is 0 Å². The number of nitrogens with zero attached hydrogens (tertiary/aromatic N) is 1. The van der Waals surface area contributed by atoms with Gasteiger partial charge in [-0.15, -0.1) is 0 Å². The molecule has 0 aliphatic heterocycles. The topological polar surface area (TPSA) is 47.9 Å². The van der Waals surface area contributed by atoms with Crippen LogP contribution in [0.4, 0.5) is 0 Å². The highest BCUT2D eigenvalue weighted by atomic mass is 16.6. The van der Waals surface area contributed by atoms with E-state index in [0.29, 0.717) is 6.61 Å². The average molecular weight is 259 g/mol. The largest absolute Gasteiger partial charge is 0.463 e. The molecule has 0 fully saturated rings. The summed E-state index contributed by atoms with van der Waals surface area (Å²) < 4.78 is 4.74. The summed E-state index contributed by atoms with van der Waals surface area (Å²) in [7, 11) is 0. The number of benzene rings is 1. The van der Waals surface area contributed by atoms with E-state index in [1.165, 1.54) is 17.9 Å². The van der Waals surface area contributed by atoms with Gasteiger partial charge in [-0.2, -0.15) is 0 Å². The minimum Gasteiger partial charge on any atom is -0.463 e. The van der Waals surface area contributed by atoms with Gasteiger partial charge in [0.15, 0.2) is 0 Å². The molecule has 0 spiro atoms. The Balaban J connectivity index is 1.99. The number of rotatable bonds is 4. The first-order valence-corrected chi connectivity index (χ1v) is 6.45. The lowest BCUT2D eigenvalue weighted by molar-refractivity contribution is -0.137. The summed E-state index contributed by atoms with van der Waals surface area (Å²) in [5, 5.41) is 4.08. The molecular weight excluding hydrogens is 242 g/mol. The van der Waals surface area contributed by atoms with E-state index in [9.17, 15) is 4.79 Å². The highest BCUT2D eigenvalue weighted by Gasteiger charge is 2.14. The summed E-state index contributed by atoms with van der Waals surface area (Å²) in [6.07, 6.45) is 5.52. The van der Waals surface area contributed by atoms with Crippen molar-refractivity contribution in [2.24, 2.45) is 5.16 Å². The second-order valence-corrected chi connectivity index (χ2v) is 4.21. The van der Waals surface area contributed by atoms with Crippen LogP contribution in [0.2, 0.25) is 0 Å². The molecule has 100 valence electrons. The van der Waals surface area contributed by atoms with E-state index in [-0.39, 0.29) is 0 Å². The van der Waals surface area contributed by atoms with Crippen molar-refractivity contribution in [2.45, 2.75) is 26.2 Å². The first-order valence-electron chi connectivity index (χ1n) is 6.45. The van der Waals surface area contributed by atoms with Gasteiger partial charge in [-0.1, -0.05) is 29.4 Å². The Morgan fingerprint density at radius 1 is 1.37 bits per heavy atom. The molecule has 0 atom stereocenters. The smallest absolute Gasteiger partial charge is 0.333 e.